The van der Waals surface area contributed by atoms with Crippen LogP contribution in [0.15, 0.2) is 36.4 Å². The van der Waals surface area contributed by atoms with Crippen molar-refractivity contribution in [3.05, 3.63) is 58.7 Å². The number of aryl methyl sites for hydroxylation is 2. The molecule has 26 heavy (non-hydrogen) atoms. The van der Waals surface area contributed by atoms with Crippen molar-refractivity contribution in [1.29, 1.82) is 0 Å². The average molecular weight is 392 g/mol. The fourth-order valence-electron chi connectivity index (χ4n) is 2.98. The maximum atomic E-state index is 10.4. The Labute approximate surface area is 165 Å². The fourth-order valence-corrected chi connectivity index (χ4v) is 4.71. The lowest BCUT2D eigenvalue weighted by molar-refractivity contribution is 0.255. The molecule has 0 fully saturated rings. The van der Waals surface area contributed by atoms with Crippen molar-refractivity contribution >= 4 is 25.7 Å². The first-order valence-electron chi connectivity index (χ1n) is 9.21. The van der Waals surface area contributed by atoms with Crippen LogP contribution in [0.25, 0.3) is 0 Å². The number of benzene rings is 2. The van der Waals surface area contributed by atoms with Crippen LogP contribution in [-0.4, -0.2) is 15.1 Å². The molecule has 4 heteroatoms. The monoisotopic (exact) mass is 391 g/mol. The minimum atomic E-state index is -0.0926. The lowest BCUT2D eigenvalue weighted by Crippen LogP contribution is -2.34. The predicted octanol–water partition coefficient (Wildman–Crippen LogP) is 6.22. The number of rotatable bonds is 6. The van der Waals surface area contributed by atoms with Crippen molar-refractivity contribution in [1.82, 2.24) is 4.42 Å². The molecule has 0 spiro atoms. The number of nitrogens with zero attached hydrogens (tertiary/aromatic N) is 1. The van der Waals surface area contributed by atoms with E-state index in [1.165, 1.54) is 22.0 Å². The SMILES string of the molecule is CCC(Pc1c(C)cccc1CN(Cl)C(C)(C)C)c1cc(C)ccc1O. The van der Waals surface area contributed by atoms with Gasteiger partial charge in [-0.15, -0.1) is 0 Å². The van der Waals surface area contributed by atoms with Gasteiger partial charge in [-0.1, -0.05) is 51.4 Å². The smallest absolute Gasteiger partial charge is 0.119 e. The van der Waals surface area contributed by atoms with Gasteiger partial charge in [0.2, 0.25) is 0 Å². The highest BCUT2D eigenvalue weighted by molar-refractivity contribution is 7.47. The highest BCUT2D eigenvalue weighted by Gasteiger charge is 2.22. The standard InChI is InChI=1S/C22H31ClNOP/c1-7-20(18-13-15(2)11-12-19(18)25)26-21-16(3)9-8-10-17(21)14-24(23)22(4,5)6/h8-13,20,25-26H,7,14H2,1-6H3. The lowest BCUT2D eigenvalue weighted by Gasteiger charge is -2.30. The number of phenolic OH excluding ortho intramolecular Hbond substituents is 1. The van der Waals surface area contributed by atoms with E-state index in [4.69, 9.17) is 11.8 Å². The first-order valence-corrected chi connectivity index (χ1v) is 10.6. The van der Waals surface area contributed by atoms with E-state index >= 15 is 0 Å². The Morgan fingerprint density at radius 1 is 1.15 bits per heavy atom. The van der Waals surface area contributed by atoms with Gasteiger partial charge in [0.1, 0.15) is 5.75 Å². The fraction of sp³-hybridized carbons (Fsp3) is 0.455. The molecule has 2 unspecified atom stereocenters. The third-order valence-electron chi connectivity index (χ3n) is 4.68. The quantitative estimate of drug-likeness (QED) is 0.466. The number of aromatic hydroxyl groups is 1. The van der Waals surface area contributed by atoms with Gasteiger partial charge in [-0.25, -0.2) is 4.42 Å². The third kappa shape index (κ3) is 5.22. The second-order valence-corrected chi connectivity index (χ2v) is 9.86. The molecule has 142 valence electrons. The summed E-state index contributed by atoms with van der Waals surface area (Å²) in [5.41, 5.74) is 5.03. The van der Waals surface area contributed by atoms with Crippen molar-refractivity contribution < 1.29 is 5.11 Å². The summed E-state index contributed by atoms with van der Waals surface area (Å²) < 4.78 is 1.88. The second kappa shape index (κ2) is 8.74. The second-order valence-electron chi connectivity index (χ2n) is 7.97. The maximum Gasteiger partial charge on any atom is 0.119 e. The normalized spacial score (nSPS) is 13.7. The molecule has 2 nitrogen and oxygen atoms in total. The summed E-state index contributed by atoms with van der Waals surface area (Å²) in [5, 5.41) is 11.8. The Hall–Kier alpha value is -1.08. The molecule has 0 aliphatic carbocycles. The zero-order valence-corrected chi connectivity index (χ0v) is 18.5. The van der Waals surface area contributed by atoms with Gasteiger partial charge < -0.3 is 5.11 Å². The Bertz CT molecular complexity index is 754. The van der Waals surface area contributed by atoms with Crippen molar-refractivity contribution in [3.63, 3.8) is 0 Å². The minimum Gasteiger partial charge on any atom is -0.508 e. The molecule has 2 rings (SSSR count). The summed E-state index contributed by atoms with van der Waals surface area (Å²) in [5.74, 6) is 0.402. The Kier molecular flexibility index (Phi) is 7.13. The van der Waals surface area contributed by atoms with E-state index in [2.05, 4.69) is 65.8 Å². The van der Waals surface area contributed by atoms with Gasteiger partial charge in [0, 0.05) is 23.3 Å². The molecule has 1 N–H and O–H groups in total. The van der Waals surface area contributed by atoms with Gasteiger partial charge in [0.25, 0.3) is 0 Å². The van der Waals surface area contributed by atoms with Crippen molar-refractivity contribution in [2.45, 2.75) is 65.7 Å². The maximum absolute atomic E-state index is 10.4. The van der Waals surface area contributed by atoms with Gasteiger partial charge in [-0.05, 0) is 75.3 Å². The van der Waals surface area contributed by atoms with Gasteiger partial charge in [-0.3, -0.25) is 0 Å². The molecule has 0 amide bonds. The van der Waals surface area contributed by atoms with Gasteiger partial charge >= 0.3 is 0 Å². The Balaban J connectivity index is 2.36. The molecule has 2 atom stereocenters. The molecule has 0 heterocycles. The highest BCUT2D eigenvalue weighted by atomic mass is 35.5. The molecular weight excluding hydrogens is 361 g/mol. The number of phenols is 1. The zero-order chi connectivity index (χ0) is 19.5. The van der Waals surface area contributed by atoms with E-state index in [1.807, 2.05) is 16.6 Å². The van der Waals surface area contributed by atoms with Crippen LogP contribution in [-0.2, 0) is 6.54 Å². The predicted molar refractivity (Wildman–Crippen MR) is 116 cm³/mol. The molecule has 0 saturated carbocycles. The Morgan fingerprint density at radius 2 is 1.85 bits per heavy atom. The van der Waals surface area contributed by atoms with Gasteiger partial charge in [0.15, 0.2) is 0 Å². The first kappa shape index (κ1) is 21.2. The number of halogens is 1. The summed E-state index contributed by atoms with van der Waals surface area (Å²) in [4.78, 5) is 0. The van der Waals surface area contributed by atoms with E-state index in [0.717, 1.165) is 12.0 Å². The van der Waals surface area contributed by atoms with Crippen LogP contribution in [0, 0.1) is 13.8 Å². The summed E-state index contributed by atoms with van der Waals surface area (Å²) >= 11 is 6.55. The van der Waals surface area contributed by atoms with Crippen LogP contribution in [0.3, 0.4) is 0 Å². The topological polar surface area (TPSA) is 23.5 Å². The van der Waals surface area contributed by atoms with Crippen molar-refractivity contribution in [2.24, 2.45) is 0 Å². The zero-order valence-electron chi connectivity index (χ0n) is 16.7. The van der Waals surface area contributed by atoms with Crippen LogP contribution in [0.4, 0.5) is 0 Å². The molecule has 2 aromatic rings. The third-order valence-corrected chi connectivity index (χ3v) is 7.38. The van der Waals surface area contributed by atoms with Gasteiger partial charge in [0.05, 0.1) is 0 Å². The molecule has 2 aromatic carbocycles. The highest BCUT2D eigenvalue weighted by Crippen LogP contribution is 2.42. The van der Waals surface area contributed by atoms with E-state index in [0.29, 0.717) is 26.5 Å². The molecular formula is C22H31ClNOP. The molecule has 0 aromatic heterocycles. The van der Waals surface area contributed by atoms with E-state index in [-0.39, 0.29) is 5.54 Å². The van der Waals surface area contributed by atoms with Gasteiger partial charge in [-0.2, -0.15) is 0 Å². The molecule has 0 saturated heterocycles. The summed E-state index contributed by atoms with van der Waals surface area (Å²) in [7, 11) is 0.601. The average Bonchev–Trinajstić information content (AvgIpc) is 2.56. The molecule has 0 bridgehead atoms. The van der Waals surface area contributed by atoms with Crippen molar-refractivity contribution in [3.8, 4) is 5.75 Å². The molecule has 0 aliphatic heterocycles. The van der Waals surface area contributed by atoms with Crippen LogP contribution >= 0.6 is 20.4 Å². The molecule has 0 radical (unpaired) electrons. The van der Waals surface area contributed by atoms with Crippen LogP contribution < -0.4 is 5.30 Å². The van der Waals surface area contributed by atoms with E-state index < -0.39 is 0 Å². The largest absolute Gasteiger partial charge is 0.508 e. The Morgan fingerprint density at radius 3 is 2.46 bits per heavy atom. The summed E-state index contributed by atoms with van der Waals surface area (Å²) in [6.07, 6.45) is 0.993. The van der Waals surface area contributed by atoms with Crippen LogP contribution in [0.5, 0.6) is 5.75 Å². The molecule has 0 aliphatic rings. The van der Waals surface area contributed by atoms with Crippen molar-refractivity contribution in [2.75, 3.05) is 0 Å². The number of hydrogen-bond acceptors (Lipinski definition) is 2. The van der Waals surface area contributed by atoms with Crippen LogP contribution in [0.1, 0.15) is 62.0 Å². The van der Waals surface area contributed by atoms with Crippen LogP contribution in [0.2, 0.25) is 0 Å². The summed E-state index contributed by atoms with van der Waals surface area (Å²) in [6, 6.07) is 12.4. The van der Waals surface area contributed by atoms with E-state index in [1.54, 1.807) is 0 Å². The first-order chi connectivity index (χ1) is 12.1. The van der Waals surface area contributed by atoms with E-state index in [9.17, 15) is 5.11 Å². The summed E-state index contributed by atoms with van der Waals surface area (Å²) in [6.45, 7) is 13.5. The minimum absolute atomic E-state index is 0.0926. The lowest BCUT2D eigenvalue weighted by atomic mass is 10.1. The number of hydrogen-bond donors (Lipinski definition) is 1.